The van der Waals surface area contributed by atoms with E-state index in [0.717, 1.165) is 45.8 Å². The number of ether oxygens (including phenoxy) is 1. The number of hydrogen-bond donors (Lipinski definition) is 1. The Kier molecular flexibility index (Phi) is 2.41. The Balaban J connectivity index is 1.60. The Morgan fingerprint density at radius 1 is 1.27 bits per heavy atom. The zero-order valence-corrected chi connectivity index (χ0v) is 8.95. The minimum atomic E-state index is 0.254. The largest absolute Gasteiger partial charge is 0.381 e. The SMILES string of the molecule is O=C(C1CNC1)N1CC[C@@H]2COC[C@@H]2C1. The van der Waals surface area contributed by atoms with Crippen molar-refractivity contribution in [2.75, 3.05) is 39.4 Å². The molecule has 0 saturated carbocycles. The van der Waals surface area contributed by atoms with E-state index in [1.807, 2.05) is 0 Å². The molecule has 0 radical (unpaired) electrons. The first kappa shape index (κ1) is 9.60. The molecule has 4 heteroatoms. The molecule has 2 atom stereocenters. The fraction of sp³-hybridized carbons (Fsp3) is 0.909. The third-order valence-corrected chi connectivity index (χ3v) is 4.00. The van der Waals surface area contributed by atoms with E-state index < -0.39 is 0 Å². The molecule has 0 unspecified atom stereocenters. The minimum absolute atomic E-state index is 0.254. The van der Waals surface area contributed by atoms with Gasteiger partial charge in [-0.25, -0.2) is 0 Å². The number of amides is 1. The molecule has 1 N–H and O–H groups in total. The molecule has 4 nitrogen and oxygen atoms in total. The van der Waals surface area contributed by atoms with Crippen molar-refractivity contribution in [2.24, 2.45) is 17.8 Å². The van der Waals surface area contributed by atoms with Gasteiger partial charge in [-0.2, -0.15) is 0 Å². The molecule has 0 bridgehead atoms. The number of nitrogens with zero attached hydrogens (tertiary/aromatic N) is 1. The number of fused-ring (bicyclic) bond motifs is 1. The van der Waals surface area contributed by atoms with Gasteiger partial charge in [-0.15, -0.1) is 0 Å². The Morgan fingerprint density at radius 2 is 2.07 bits per heavy atom. The van der Waals surface area contributed by atoms with E-state index in [0.29, 0.717) is 17.7 Å². The van der Waals surface area contributed by atoms with E-state index in [1.54, 1.807) is 0 Å². The average Bonchev–Trinajstić information content (AvgIpc) is 2.61. The van der Waals surface area contributed by atoms with Gasteiger partial charge in [0.1, 0.15) is 0 Å². The van der Waals surface area contributed by atoms with Crippen molar-refractivity contribution < 1.29 is 9.53 Å². The highest BCUT2D eigenvalue weighted by molar-refractivity contribution is 5.80. The maximum atomic E-state index is 12.0. The summed E-state index contributed by atoms with van der Waals surface area (Å²) in [6.07, 6.45) is 1.14. The van der Waals surface area contributed by atoms with Crippen LogP contribution in [0.5, 0.6) is 0 Å². The predicted octanol–water partition coefficient (Wildman–Crippen LogP) is -0.299. The van der Waals surface area contributed by atoms with Gasteiger partial charge < -0.3 is 15.0 Å². The van der Waals surface area contributed by atoms with Crippen LogP contribution in [-0.4, -0.2) is 50.2 Å². The zero-order valence-electron chi connectivity index (χ0n) is 8.95. The lowest BCUT2D eigenvalue weighted by Crippen LogP contribution is -2.54. The molecule has 84 valence electrons. The zero-order chi connectivity index (χ0) is 10.3. The van der Waals surface area contributed by atoms with Crippen molar-refractivity contribution >= 4 is 5.91 Å². The number of piperidine rings is 1. The van der Waals surface area contributed by atoms with E-state index in [9.17, 15) is 4.79 Å². The molecule has 0 spiro atoms. The lowest BCUT2D eigenvalue weighted by atomic mass is 9.87. The monoisotopic (exact) mass is 210 g/mol. The fourth-order valence-corrected chi connectivity index (χ4v) is 2.78. The highest BCUT2D eigenvalue weighted by atomic mass is 16.5. The van der Waals surface area contributed by atoms with E-state index in [1.165, 1.54) is 0 Å². The van der Waals surface area contributed by atoms with Gasteiger partial charge in [-0.1, -0.05) is 0 Å². The van der Waals surface area contributed by atoms with Gasteiger partial charge in [-0.3, -0.25) is 4.79 Å². The van der Waals surface area contributed by atoms with Crippen LogP contribution in [0.1, 0.15) is 6.42 Å². The van der Waals surface area contributed by atoms with Crippen LogP contribution in [0.3, 0.4) is 0 Å². The van der Waals surface area contributed by atoms with Crippen LogP contribution in [0.25, 0.3) is 0 Å². The summed E-state index contributed by atoms with van der Waals surface area (Å²) in [6, 6.07) is 0. The molecule has 3 aliphatic rings. The topological polar surface area (TPSA) is 41.6 Å². The summed E-state index contributed by atoms with van der Waals surface area (Å²) in [5, 5.41) is 3.16. The van der Waals surface area contributed by atoms with Crippen LogP contribution in [0.4, 0.5) is 0 Å². The predicted molar refractivity (Wildman–Crippen MR) is 55.4 cm³/mol. The first-order valence-corrected chi connectivity index (χ1v) is 5.92. The third kappa shape index (κ3) is 1.66. The molecule has 0 aliphatic carbocycles. The number of hydrogen-bond acceptors (Lipinski definition) is 3. The number of carbonyl (C=O) groups is 1. The quantitative estimate of drug-likeness (QED) is 0.646. The van der Waals surface area contributed by atoms with Crippen molar-refractivity contribution in [1.29, 1.82) is 0 Å². The van der Waals surface area contributed by atoms with Crippen LogP contribution in [0, 0.1) is 17.8 Å². The summed E-state index contributed by atoms with van der Waals surface area (Å²) in [5.41, 5.74) is 0. The molecule has 0 aromatic heterocycles. The first-order chi connectivity index (χ1) is 7.34. The standard InChI is InChI=1S/C11H18N2O2/c14-11(9-3-12-4-9)13-2-1-8-6-15-7-10(8)5-13/h8-10,12H,1-7H2/t8-,10+/m1/s1. The molecule has 3 rings (SSSR count). The van der Waals surface area contributed by atoms with Gasteiger partial charge in [0, 0.05) is 38.7 Å². The summed E-state index contributed by atoms with van der Waals surface area (Å²) in [4.78, 5) is 14.1. The van der Waals surface area contributed by atoms with E-state index >= 15 is 0 Å². The summed E-state index contributed by atoms with van der Waals surface area (Å²) in [6.45, 7) is 5.40. The summed E-state index contributed by atoms with van der Waals surface area (Å²) >= 11 is 0. The lowest BCUT2D eigenvalue weighted by molar-refractivity contribution is -0.139. The van der Waals surface area contributed by atoms with Crippen molar-refractivity contribution in [2.45, 2.75) is 6.42 Å². The van der Waals surface area contributed by atoms with Gasteiger partial charge in [-0.05, 0) is 12.3 Å². The Hall–Kier alpha value is -0.610. The molecular weight excluding hydrogens is 192 g/mol. The number of likely N-dealkylation sites (tertiary alicyclic amines) is 1. The number of nitrogens with one attached hydrogen (secondary N) is 1. The molecule has 3 fully saturated rings. The van der Waals surface area contributed by atoms with E-state index in [2.05, 4.69) is 10.2 Å². The van der Waals surface area contributed by atoms with Gasteiger partial charge in [0.2, 0.25) is 5.91 Å². The highest BCUT2D eigenvalue weighted by Gasteiger charge is 2.38. The molecular formula is C11H18N2O2. The summed E-state index contributed by atoms with van der Waals surface area (Å²) in [7, 11) is 0. The lowest BCUT2D eigenvalue weighted by Gasteiger charge is -2.38. The molecule has 0 aromatic rings. The number of carbonyl (C=O) groups excluding carboxylic acids is 1. The van der Waals surface area contributed by atoms with Gasteiger partial charge >= 0.3 is 0 Å². The van der Waals surface area contributed by atoms with Crippen LogP contribution in [-0.2, 0) is 9.53 Å². The Morgan fingerprint density at radius 3 is 2.80 bits per heavy atom. The maximum Gasteiger partial charge on any atom is 0.228 e. The van der Waals surface area contributed by atoms with Crippen LogP contribution >= 0.6 is 0 Å². The Bertz CT molecular complexity index is 265. The maximum absolute atomic E-state index is 12.0. The van der Waals surface area contributed by atoms with E-state index in [4.69, 9.17) is 4.74 Å². The minimum Gasteiger partial charge on any atom is -0.381 e. The second kappa shape index (κ2) is 3.76. The van der Waals surface area contributed by atoms with Crippen LogP contribution in [0.15, 0.2) is 0 Å². The van der Waals surface area contributed by atoms with Gasteiger partial charge in [0.25, 0.3) is 0 Å². The summed E-state index contributed by atoms with van der Waals surface area (Å²) in [5.74, 6) is 1.94. The second-order valence-electron chi connectivity index (χ2n) is 4.99. The Labute approximate surface area is 90.0 Å². The molecule has 15 heavy (non-hydrogen) atoms. The number of rotatable bonds is 1. The average molecular weight is 210 g/mol. The smallest absolute Gasteiger partial charge is 0.228 e. The molecule has 1 amide bonds. The van der Waals surface area contributed by atoms with Crippen molar-refractivity contribution in [3.8, 4) is 0 Å². The summed E-state index contributed by atoms with van der Waals surface area (Å²) < 4.78 is 5.47. The fourth-order valence-electron chi connectivity index (χ4n) is 2.78. The van der Waals surface area contributed by atoms with Crippen LogP contribution in [0.2, 0.25) is 0 Å². The molecule has 3 heterocycles. The van der Waals surface area contributed by atoms with Crippen molar-refractivity contribution in [3.05, 3.63) is 0 Å². The van der Waals surface area contributed by atoms with Gasteiger partial charge in [0.05, 0.1) is 12.5 Å². The van der Waals surface area contributed by atoms with E-state index in [-0.39, 0.29) is 5.92 Å². The van der Waals surface area contributed by atoms with Crippen LogP contribution < -0.4 is 5.32 Å². The first-order valence-electron chi connectivity index (χ1n) is 5.92. The highest BCUT2D eigenvalue weighted by Crippen LogP contribution is 2.30. The van der Waals surface area contributed by atoms with Crippen molar-refractivity contribution in [3.63, 3.8) is 0 Å². The molecule has 3 saturated heterocycles. The normalized spacial score (nSPS) is 36.1. The van der Waals surface area contributed by atoms with Crippen molar-refractivity contribution in [1.82, 2.24) is 10.2 Å². The molecule has 0 aromatic carbocycles. The molecule has 3 aliphatic heterocycles. The third-order valence-electron chi connectivity index (χ3n) is 4.00. The van der Waals surface area contributed by atoms with Gasteiger partial charge in [0.15, 0.2) is 0 Å². The second-order valence-corrected chi connectivity index (χ2v) is 4.99.